The zero-order valence-corrected chi connectivity index (χ0v) is 18.0. The number of hydrogen-bond donors (Lipinski definition) is 1. The third kappa shape index (κ3) is 5.13. The minimum atomic E-state index is -4.85. The first-order valence-corrected chi connectivity index (χ1v) is 11.1. The Kier molecular flexibility index (Phi) is 5.82. The number of nitrogens with two attached hydrogens (primary N) is 1. The SMILES string of the molecule is NS(=O)(=O)c1ccc(C#Cc2cnn3c(C(F)(F)F)cc(-c4ccc(C(F)(F)F)cc4)nc23)cc1. The van der Waals surface area contributed by atoms with Crippen molar-refractivity contribution in [2.45, 2.75) is 17.2 Å². The van der Waals surface area contributed by atoms with Crippen molar-refractivity contribution >= 4 is 15.7 Å². The summed E-state index contributed by atoms with van der Waals surface area (Å²) in [5.74, 6) is 5.31. The average Bonchev–Trinajstić information content (AvgIpc) is 3.18. The second kappa shape index (κ2) is 8.40. The van der Waals surface area contributed by atoms with Crippen LogP contribution in [0.5, 0.6) is 0 Å². The predicted octanol–water partition coefficient (Wildman–Crippen LogP) is 4.48. The number of aromatic nitrogens is 3. The summed E-state index contributed by atoms with van der Waals surface area (Å²) in [5, 5.41) is 8.74. The second-order valence-corrected chi connectivity index (χ2v) is 8.77. The summed E-state index contributed by atoms with van der Waals surface area (Å²) < 4.78 is 103. The van der Waals surface area contributed by atoms with Crippen LogP contribution in [-0.2, 0) is 22.4 Å². The largest absolute Gasteiger partial charge is 0.433 e. The Bertz CT molecular complexity index is 1580. The molecule has 4 aromatic rings. The smallest absolute Gasteiger partial charge is 0.227 e. The van der Waals surface area contributed by atoms with E-state index < -0.39 is 33.6 Å². The van der Waals surface area contributed by atoms with Gasteiger partial charge in [0.15, 0.2) is 11.3 Å². The molecule has 6 nitrogen and oxygen atoms in total. The zero-order valence-electron chi connectivity index (χ0n) is 17.2. The molecule has 35 heavy (non-hydrogen) atoms. The Morgan fingerprint density at radius 3 is 2.03 bits per heavy atom. The minimum Gasteiger partial charge on any atom is -0.227 e. The molecule has 180 valence electrons. The highest BCUT2D eigenvalue weighted by Gasteiger charge is 2.36. The number of alkyl halides is 6. The van der Waals surface area contributed by atoms with Gasteiger partial charge < -0.3 is 0 Å². The lowest BCUT2D eigenvalue weighted by Crippen LogP contribution is -2.13. The normalized spacial score (nSPS) is 12.4. The third-order valence-corrected chi connectivity index (χ3v) is 5.72. The third-order valence-electron chi connectivity index (χ3n) is 4.79. The van der Waals surface area contributed by atoms with Gasteiger partial charge in [0, 0.05) is 11.1 Å². The number of nitrogens with zero attached hydrogens (tertiary/aromatic N) is 3. The van der Waals surface area contributed by atoms with E-state index in [0.717, 1.165) is 30.5 Å². The van der Waals surface area contributed by atoms with Crippen LogP contribution in [0.15, 0.2) is 65.7 Å². The number of benzene rings is 2. The summed E-state index contributed by atoms with van der Waals surface area (Å²) in [7, 11) is -3.91. The van der Waals surface area contributed by atoms with E-state index in [1.165, 1.54) is 24.3 Å². The molecule has 0 amide bonds. The summed E-state index contributed by atoms with van der Waals surface area (Å²) >= 11 is 0. The number of sulfonamides is 1. The molecule has 2 N–H and O–H groups in total. The summed E-state index contributed by atoms with van der Waals surface area (Å²) in [6.45, 7) is 0. The highest BCUT2D eigenvalue weighted by molar-refractivity contribution is 7.89. The molecular formula is C22H12F6N4O2S. The first-order chi connectivity index (χ1) is 16.2. The molecule has 0 fully saturated rings. The van der Waals surface area contributed by atoms with Crippen molar-refractivity contribution in [3.63, 3.8) is 0 Å². The number of rotatable bonds is 2. The summed E-state index contributed by atoms with van der Waals surface area (Å²) in [6, 6.07) is 9.39. The highest BCUT2D eigenvalue weighted by atomic mass is 32.2. The molecule has 2 aromatic heterocycles. The van der Waals surface area contributed by atoms with Crippen LogP contribution in [0.3, 0.4) is 0 Å². The highest BCUT2D eigenvalue weighted by Crippen LogP contribution is 2.34. The topological polar surface area (TPSA) is 90.4 Å². The van der Waals surface area contributed by atoms with Gasteiger partial charge in [-0.15, -0.1) is 0 Å². The molecule has 0 unspecified atom stereocenters. The first-order valence-electron chi connectivity index (χ1n) is 9.52. The number of primary sulfonamides is 1. The van der Waals surface area contributed by atoms with Crippen molar-refractivity contribution in [2.24, 2.45) is 5.14 Å². The van der Waals surface area contributed by atoms with E-state index in [9.17, 15) is 34.8 Å². The maximum atomic E-state index is 13.7. The van der Waals surface area contributed by atoms with Gasteiger partial charge >= 0.3 is 12.4 Å². The Hall–Kier alpha value is -3.89. The van der Waals surface area contributed by atoms with E-state index in [4.69, 9.17) is 5.14 Å². The van der Waals surface area contributed by atoms with Gasteiger partial charge in [0.2, 0.25) is 10.0 Å². The van der Waals surface area contributed by atoms with E-state index in [1.807, 2.05) is 0 Å². The molecule has 4 rings (SSSR count). The second-order valence-electron chi connectivity index (χ2n) is 7.21. The number of halogens is 6. The van der Waals surface area contributed by atoms with Crippen molar-refractivity contribution in [3.05, 3.63) is 83.2 Å². The molecular weight excluding hydrogens is 498 g/mol. The molecule has 0 saturated carbocycles. The van der Waals surface area contributed by atoms with Crippen molar-refractivity contribution < 1.29 is 34.8 Å². The minimum absolute atomic E-state index is 0.0137. The zero-order chi connectivity index (χ0) is 25.6. The first kappa shape index (κ1) is 24.2. The van der Waals surface area contributed by atoms with Gasteiger partial charge in [-0.1, -0.05) is 24.0 Å². The van der Waals surface area contributed by atoms with E-state index in [-0.39, 0.29) is 27.4 Å². The molecule has 2 aromatic carbocycles. The van der Waals surface area contributed by atoms with Crippen molar-refractivity contribution in [1.29, 1.82) is 0 Å². The van der Waals surface area contributed by atoms with Gasteiger partial charge in [0.1, 0.15) is 0 Å². The van der Waals surface area contributed by atoms with Crippen LogP contribution in [0, 0.1) is 11.8 Å². The molecule has 0 radical (unpaired) electrons. The van der Waals surface area contributed by atoms with Crippen molar-refractivity contribution in [1.82, 2.24) is 14.6 Å². The van der Waals surface area contributed by atoms with E-state index in [2.05, 4.69) is 21.9 Å². The fraction of sp³-hybridized carbons (Fsp3) is 0.0909. The van der Waals surface area contributed by atoms with E-state index >= 15 is 0 Å². The monoisotopic (exact) mass is 510 g/mol. The van der Waals surface area contributed by atoms with E-state index in [1.54, 1.807) is 0 Å². The van der Waals surface area contributed by atoms with Crippen LogP contribution in [-0.4, -0.2) is 23.0 Å². The number of fused-ring (bicyclic) bond motifs is 1. The van der Waals surface area contributed by atoms with Crippen LogP contribution in [0.4, 0.5) is 26.3 Å². The molecule has 0 aliphatic heterocycles. The Labute approximate surface area is 194 Å². The molecule has 0 atom stereocenters. The van der Waals surface area contributed by atoms with Crippen LogP contribution < -0.4 is 5.14 Å². The fourth-order valence-corrected chi connectivity index (χ4v) is 3.61. The van der Waals surface area contributed by atoms with Crippen LogP contribution >= 0.6 is 0 Å². The molecule has 0 spiro atoms. The lowest BCUT2D eigenvalue weighted by molar-refractivity contribution is -0.142. The van der Waals surface area contributed by atoms with E-state index in [0.29, 0.717) is 16.1 Å². The molecule has 0 saturated heterocycles. The average molecular weight is 510 g/mol. The Balaban J connectivity index is 1.81. The molecule has 0 bridgehead atoms. The van der Waals surface area contributed by atoms with Crippen LogP contribution in [0.25, 0.3) is 16.9 Å². The Morgan fingerprint density at radius 2 is 1.49 bits per heavy atom. The lowest BCUT2D eigenvalue weighted by Gasteiger charge is -2.12. The van der Waals surface area contributed by atoms with Gasteiger partial charge in [-0.25, -0.2) is 23.1 Å². The van der Waals surface area contributed by atoms with Gasteiger partial charge in [0.25, 0.3) is 0 Å². The summed E-state index contributed by atoms with van der Waals surface area (Å²) in [4.78, 5) is 4.01. The van der Waals surface area contributed by atoms with Gasteiger partial charge in [-0.05, 0) is 42.5 Å². The quantitative estimate of drug-likeness (QED) is 0.318. The summed E-state index contributed by atoms with van der Waals surface area (Å²) in [6.07, 6.45) is -8.38. The Morgan fingerprint density at radius 1 is 0.857 bits per heavy atom. The van der Waals surface area contributed by atoms with Gasteiger partial charge in [-0.3, -0.25) is 0 Å². The van der Waals surface area contributed by atoms with Crippen molar-refractivity contribution in [2.75, 3.05) is 0 Å². The van der Waals surface area contributed by atoms with Gasteiger partial charge in [0.05, 0.1) is 27.9 Å². The maximum Gasteiger partial charge on any atom is 0.433 e. The fourth-order valence-electron chi connectivity index (χ4n) is 3.10. The molecule has 0 aliphatic rings. The number of hydrogen-bond acceptors (Lipinski definition) is 4. The van der Waals surface area contributed by atoms with Gasteiger partial charge in [-0.2, -0.15) is 31.4 Å². The maximum absolute atomic E-state index is 13.7. The molecule has 0 aliphatic carbocycles. The predicted molar refractivity (Wildman–Crippen MR) is 112 cm³/mol. The van der Waals surface area contributed by atoms with Crippen molar-refractivity contribution in [3.8, 4) is 23.1 Å². The van der Waals surface area contributed by atoms with Crippen LogP contribution in [0.1, 0.15) is 22.4 Å². The molecule has 13 heteroatoms. The van der Waals surface area contributed by atoms with Crippen LogP contribution in [0.2, 0.25) is 0 Å². The molecule has 2 heterocycles. The standard InChI is InChI=1S/C22H12F6N4O2S/c23-21(24,25)16-7-5-14(6-8-16)18-11-19(22(26,27)28)32-20(31-18)15(12-30-32)4-1-13-2-9-17(10-3-13)35(29,33)34/h2-3,5-12H,(H2,29,33,34). The summed E-state index contributed by atoms with van der Waals surface area (Å²) in [5.41, 5.74) is -2.25. The lowest BCUT2D eigenvalue weighted by atomic mass is 10.1.